The first-order chi connectivity index (χ1) is 13.3. The molecular formula is C18H29F2IN4O3S. The van der Waals surface area contributed by atoms with Gasteiger partial charge in [0.05, 0.1) is 18.0 Å². The zero-order valence-electron chi connectivity index (χ0n) is 16.6. The van der Waals surface area contributed by atoms with Gasteiger partial charge in [0, 0.05) is 32.4 Å². The molecule has 1 heterocycles. The van der Waals surface area contributed by atoms with Crippen LogP contribution in [0.2, 0.25) is 0 Å². The highest BCUT2D eigenvalue weighted by atomic mass is 127. The summed E-state index contributed by atoms with van der Waals surface area (Å²) >= 11 is 0. The van der Waals surface area contributed by atoms with E-state index >= 15 is 0 Å². The number of nitrogens with zero attached hydrogens (tertiary/aromatic N) is 2. The molecule has 2 rings (SSSR count). The monoisotopic (exact) mass is 546 g/mol. The predicted molar refractivity (Wildman–Crippen MR) is 120 cm³/mol. The first-order valence-corrected chi connectivity index (χ1v) is 11.1. The maximum Gasteiger partial charge on any atom is 0.251 e. The molecule has 1 fully saturated rings. The minimum atomic E-state index is -3.22. The molecule has 166 valence electrons. The number of halogens is 3. The molecule has 0 spiro atoms. The van der Waals surface area contributed by atoms with E-state index in [4.69, 9.17) is 4.74 Å². The van der Waals surface area contributed by atoms with Crippen LogP contribution in [-0.2, 0) is 9.84 Å². The molecule has 29 heavy (non-hydrogen) atoms. The molecule has 0 bridgehead atoms. The van der Waals surface area contributed by atoms with E-state index in [9.17, 15) is 17.2 Å². The van der Waals surface area contributed by atoms with Crippen molar-refractivity contribution in [2.45, 2.75) is 30.2 Å². The third-order valence-electron chi connectivity index (χ3n) is 4.46. The van der Waals surface area contributed by atoms with Crippen LogP contribution in [0.25, 0.3) is 0 Å². The van der Waals surface area contributed by atoms with Crippen LogP contribution in [0.3, 0.4) is 0 Å². The minimum Gasteiger partial charge on any atom is -0.492 e. The molecular weight excluding hydrogens is 517 g/mol. The van der Waals surface area contributed by atoms with Gasteiger partial charge in [0.15, 0.2) is 15.8 Å². The Bertz CT molecular complexity index is 740. The van der Waals surface area contributed by atoms with Crippen molar-refractivity contribution < 1.29 is 21.9 Å². The average Bonchev–Trinajstić information content (AvgIpc) is 2.65. The molecule has 1 aliphatic rings. The van der Waals surface area contributed by atoms with Gasteiger partial charge in [0.2, 0.25) is 0 Å². The summed E-state index contributed by atoms with van der Waals surface area (Å²) in [7, 11) is -1.54. The molecule has 2 N–H and O–H groups in total. The predicted octanol–water partition coefficient (Wildman–Crippen LogP) is 1.98. The minimum absolute atomic E-state index is 0. The van der Waals surface area contributed by atoms with Gasteiger partial charge in [-0.3, -0.25) is 9.89 Å². The molecule has 1 saturated heterocycles. The van der Waals surface area contributed by atoms with Crippen molar-refractivity contribution in [2.24, 2.45) is 4.99 Å². The molecule has 0 aliphatic carbocycles. The molecule has 7 nitrogen and oxygen atoms in total. The first-order valence-electron chi connectivity index (χ1n) is 9.18. The summed E-state index contributed by atoms with van der Waals surface area (Å²) in [5.41, 5.74) is 0. The summed E-state index contributed by atoms with van der Waals surface area (Å²) in [5.74, 6) is 1.23. The van der Waals surface area contributed by atoms with E-state index < -0.39 is 16.3 Å². The summed E-state index contributed by atoms with van der Waals surface area (Å²) in [6.07, 6.45) is 0.447. The first kappa shape index (κ1) is 25.8. The van der Waals surface area contributed by atoms with E-state index in [1.807, 2.05) is 0 Å². The van der Waals surface area contributed by atoms with E-state index in [0.29, 0.717) is 38.0 Å². The second kappa shape index (κ2) is 12.5. The molecule has 1 aromatic rings. The number of likely N-dealkylation sites (tertiary alicyclic amines) is 1. The van der Waals surface area contributed by atoms with E-state index in [0.717, 1.165) is 19.1 Å². The number of aliphatic imine (C=N–C) groups is 1. The molecule has 0 amide bonds. The van der Waals surface area contributed by atoms with E-state index in [1.54, 1.807) is 24.1 Å². The third kappa shape index (κ3) is 9.43. The maximum atomic E-state index is 12.4. The molecule has 0 radical (unpaired) electrons. The summed E-state index contributed by atoms with van der Waals surface area (Å²) < 4.78 is 53.3. The van der Waals surface area contributed by atoms with Crippen LogP contribution < -0.4 is 15.4 Å². The molecule has 11 heteroatoms. The number of guanidine groups is 1. The molecule has 0 unspecified atom stereocenters. The molecule has 1 aliphatic heterocycles. The number of nitrogens with one attached hydrogen (secondary N) is 2. The quantitative estimate of drug-likeness (QED) is 0.225. The van der Waals surface area contributed by atoms with Crippen molar-refractivity contribution in [1.82, 2.24) is 15.5 Å². The summed E-state index contributed by atoms with van der Waals surface area (Å²) in [6.45, 7) is 2.02. The highest BCUT2D eigenvalue weighted by Gasteiger charge is 2.21. The Hall–Kier alpha value is -1.21. The normalized spacial score (nSPS) is 16.4. The van der Waals surface area contributed by atoms with E-state index in [-0.39, 0.29) is 41.5 Å². The van der Waals surface area contributed by atoms with Gasteiger partial charge in [0.25, 0.3) is 6.43 Å². The van der Waals surface area contributed by atoms with Gasteiger partial charge in [-0.2, -0.15) is 0 Å². The van der Waals surface area contributed by atoms with Crippen LogP contribution in [0, 0.1) is 0 Å². The SMILES string of the molecule is CN=C(NCCOc1ccc(S(C)(=O)=O)cc1)NC1CCN(CC(F)F)CC1.I. The third-order valence-corrected chi connectivity index (χ3v) is 5.59. The number of alkyl halides is 2. The molecule has 0 saturated carbocycles. The van der Waals surface area contributed by atoms with Gasteiger partial charge in [-0.15, -0.1) is 24.0 Å². The fourth-order valence-electron chi connectivity index (χ4n) is 2.96. The van der Waals surface area contributed by atoms with Gasteiger partial charge in [0.1, 0.15) is 12.4 Å². The highest BCUT2D eigenvalue weighted by Crippen LogP contribution is 2.15. The van der Waals surface area contributed by atoms with Gasteiger partial charge in [-0.1, -0.05) is 0 Å². The lowest BCUT2D eigenvalue weighted by molar-refractivity contribution is 0.0744. The molecule has 1 aromatic carbocycles. The zero-order chi connectivity index (χ0) is 20.6. The lowest BCUT2D eigenvalue weighted by atomic mass is 10.1. The van der Waals surface area contributed by atoms with Crippen molar-refractivity contribution in [3.8, 4) is 5.75 Å². The smallest absolute Gasteiger partial charge is 0.251 e. The molecule has 0 atom stereocenters. The van der Waals surface area contributed by atoms with Crippen molar-refractivity contribution in [3.05, 3.63) is 24.3 Å². The fourth-order valence-corrected chi connectivity index (χ4v) is 3.59. The van der Waals surface area contributed by atoms with Crippen molar-refractivity contribution in [2.75, 3.05) is 46.1 Å². The van der Waals surface area contributed by atoms with Gasteiger partial charge in [-0.05, 0) is 37.1 Å². The number of hydrogen-bond donors (Lipinski definition) is 2. The van der Waals surface area contributed by atoms with Crippen LogP contribution in [0.5, 0.6) is 5.75 Å². The van der Waals surface area contributed by atoms with Gasteiger partial charge < -0.3 is 15.4 Å². The summed E-state index contributed by atoms with van der Waals surface area (Å²) in [6, 6.07) is 6.47. The Morgan fingerprint density at radius 1 is 1.28 bits per heavy atom. The van der Waals surface area contributed by atoms with Gasteiger partial charge in [-0.25, -0.2) is 17.2 Å². The largest absolute Gasteiger partial charge is 0.492 e. The van der Waals surface area contributed by atoms with Crippen molar-refractivity contribution >= 4 is 39.8 Å². The number of piperidine rings is 1. The number of rotatable bonds is 8. The lowest BCUT2D eigenvalue weighted by Crippen LogP contribution is -2.49. The van der Waals surface area contributed by atoms with Crippen molar-refractivity contribution in [1.29, 1.82) is 0 Å². The van der Waals surface area contributed by atoms with Crippen LogP contribution in [0.4, 0.5) is 8.78 Å². The topological polar surface area (TPSA) is 83.0 Å². The number of ether oxygens (including phenoxy) is 1. The fraction of sp³-hybridized carbons (Fsp3) is 0.611. The number of benzene rings is 1. The molecule has 0 aromatic heterocycles. The Morgan fingerprint density at radius 2 is 1.90 bits per heavy atom. The maximum absolute atomic E-state index is 12.4. The highest BCUT2D eigenvalue weighted by molar-refractivity contribution is 14.0. The van der Waals surface area contributed by atoms with Crippen LogP contribution >= 0.6 is 24.0 Å². The van der Waals surface area contributed by atoms with E-state index in [2.05, 4.69) is 15.6 Å². The van der Waals surface area contributed by atoms with Crippen LogP contribution in [0.15, 0.2) is 34.2 Å². The number of sulfone groups is 1. The lowest BCUT2D eigenvalue weighted by Gasteiger charge is -2.32. The number of hydrogen-bond acceptors (Lipinski definition) is 5. The van der Waals surface area contributed by atoms with Crippen LogP contribution in [-0.4, -0.2) is 77.8 Å². The van der Waals surface area contributed by atoms with E-state index in [1.165, 1.54) is 12.1 Å². The summed E-state index contributed by atoms with van der Waals surface area (Å²) in [4.78, 5) is 6.20. The summed E-state index contributed by atoms with van der Waals surface area (Å²) in [5, 5.41) is 6.46. The second-order valence-electron chi connectivity index (χ2n) is 6.70. The second-order valence-corrected chi connectivity index (χ2v) is 8.72. The Labute approximate surface area is 188 Å². The van der Waals surface area contributed by atoms with Crippen molar-refractivity contribution in [3.63, 3.8) is 0 Å². The zero-order valence-corrected chi connectivity index (χ0v) is 19.8. The Morgan fingerprint density at radius 3 is 2.41 bits per heavy atom. The van der Waals surface area contributed by atoms with Crippen LogP contribution in [0.1, 0.15) is 12.8 Å². The standard InChI is InChI=1S/C18H28F2N4O3S.HI/c1-21-18(23-14-7-10-24(11-8-14)13-17(19)20)22-9-12-27-15-3-5-16(6-4-15)28(2,25)26;/h3-6,14,17H,7-13H2,1-2H3,(H2,21,22,23);1H. The van der Waals surface area contributed by atoms with Gasteiger partial charge >= 0.3 is 0 Å². The Balaban J connectivity index is 0.00000420. The average molecular weight is 546 g/mol. The Kier molecular flexibility index (Phi) is 11.1.